The summed E-state index contributed by atoms with van der Waals surface area (Å²) >= 11 is 8.91. The molecule has 0 atom stereocenters. The molecule has 0 aliphatic rings. The molecule has 2 aromatic heterocycles. The second kappa shape index (κ2) is 4.68. The van der Waals surface area contributed by atoms with Gasteiger partial charge in [0.05, 0.1) is 25.8 Å². The lowest BCUT2D eigenvalue weighted by Crippen LogP contribution is -2.10. The highest BCUT2D eigenvalue weighted by Crippen LogP contribution is 2.32. The third-order valence-electron chi connectivity index (χ3n) is 2.43. The van der Waals surface area contributed by atoms with E-state index in [1.165, 1.54) is 22.7 Å². The Morgan fingerprint density at radius 1 is 1.28 bits per heavy atom. The van der Waals surface area contributed by atoms with Crippen LogP contribution in [0.25, 0.3) is 10.2 Å². The van der Waals surface area contributed by atoms with E-state index >= 15 is 0 Å². The van der Waals surface area contributed by atoms with E-state index in [1.54, 1.807) is 23.7 Å². The summed E-state index contributed by atoms with van der Waals surface area (Å²) in [6.07, 6.45) is 0. The lowest BCUT2D eigenvalue weighted by molar-refractivity contribution is 0.103. The number of amides is 1. The largest absolute Gasteiger partial charge is 0.320 e. The lowest BCUT2D eigenvalue weighted by Gasteiger charge is -2.05. The van der Waals surface area contributed by atoms with Crippen molar-refractivity contribution in [3.05, 3.63) is 45.1 Å². The molecule has 1 N–H and O–H groups in total. The summed E-state index contributed by atoms with van der Waals surface area (Å²) in [4.78, 5) is 16.8. The molecule has 1 aromatic carbocycles. The molecule has 0 aliphatic heterocycles. The highest BCUT2D eigenvalue weighted by molar-refractivity contribution is 7.17. The van der Waals surface area contributed by atoms with E-state index in [9.17, 15) is 4.79 Å². The first-order valence-corrected chi connectivity index (χ1v) is 7.26. The second-order valence-corrected chi connectivity index (χ2v) is 5.77. The van der Waals surface area contributed by atoms with Crippen LogP contribution in [0.3, 0.4) is 0 Å². The molecule has 2 heterocycles. The first-order chi connectivity index (χ1) is 8.75. The predicted octanol–water partition coefficient (Wildman–Crippen LogP) is 4.26. The van der Waals surface area contributed by atoms with Crippen molar-refractivity contribution < 1.29 is 4.79 Å². The highest BCUT2D eigenvalue weighted by Gasteiger charge is 2.12. The molecule has 3 nitrogen and oxygen atoms in total. The molecule has 1 amide bonds. The number of halogens is 1. The van der Waals surface area contributed by atoms with Crippen molar-refractivity contribution in [2.45, 2.75) is 0 Å². The summed E-state index contributed by atoms with van der Waals surface area (Å²) in [5, 5.41) is 5.36. The predicted molar refractivity (Wildman–Crippen MR) is 76.9 cm³/mol. The smallest absolute Gasteiger partial charge is 0.265 e. The molecule has 18 heavy (non-hydrogen) atoms. The van der Waals surface area contributed by atoms with Gasteiger partial charge in [0.15, 0.2) is 0 Å². The van der Waals surface area contributed by atoms with Crippen LogP contribution in [0.5, 0.6) is 0 Å². The topological polar surface area (TPSA) is 42.0 Å². The Labute approximate surface area is 116 Å². The summed E-state index contributed by atoms with van der Waals surface area (Å²) in [6, 6.07) is 7.19. The second-order valence-electron chi connectivity index (χ2n) is 3.56. The quantitative estimate of drug-likeness (QED) is 0.767. The van der Waals surface area contributed by atoms with Crippen LogP contribution in [-0.2, 0) is 0 Å². The standard InChI is InChI=1S/C12H7ClN2OS2/c13-7-3-4-8(11-10(7)14-6-18-11)15-12(16)9-2-1-5-17-9/h1-6H,(H,15,16). The van der Waals surface area contributed by atoms with E-state index in [4.69, 9.17) is 11.6 Å². The van der Waals surface area contributed by atoms with E-state index in [0.717, 1.165) is 15.9 Å². The summed E-state index contributed by atoms with van der Waals surface area (Å²) < 4.78 is 0.896. The minimum Gasteiger partial charge on any atom is -0.320 e. The number of hydrogen-bond acceptors (Lipinski definition) is 4. The van der Waals surface area contributed by atoms with Crippen LogP contribution in [0, 0.1) is 0 Å². The third-order valence-corrected chi connectivity index (χ3v) is 4.46. The first kappa shape index (κ1) is 11.6. The van der Waals surface area contributed by atoms with Crippen LogP contribution in [-0.4, -0.2) is 10.9 Å². The van der Waals surface area contributed by atoms with Gasteiger partial charge in [-0.2, -0.15) is 0 Å². The summed E-state index contributed by atoms with van der Waals surface area (Å²) in [5.41, 5.74) is 3.19. The SMILES string of the molecule is O=C(Nc1ccc(Cl)c2ncsc12)c1cccs1. The Morgan fingerprint density at radius 3 is 2.94 bits per heavy atom. The van der Waals surface area contributed by atoms with Gasteiger partial charge < -0.3 is 5.32 Å². The van der Waals surface area contributed by atoms with Crippen LogP contribution in [0.2, 0.25) is 5.02 Å². The normalized spacial score (nSPS) is 10.7. The summed E-state index contributed by atoms with van der Waals surface area (Å²) in [7, 11) is 0. The molecule has 90 valence electrons. The fourth-order valence-corrected chi connectivity index (χ4v) is 3.27. The zero-order valence-electron chi connectivity index (χ0n) is 9.01. The average molecular weight is 295 g/mol. The number of carbonyl (C=O) groups is 1. The molecule has 0 spiro atoms. The molecule has 0 unspecified atom stereocenters. The molecule has 0 saturated heterocycles. The van der Waals surface area contributed by atoms with E-state index in [2.05, 4.69) is 10.3 Å². The van der Waals surface area contributed by atoms with E-state index in [1.807, 2.05) is 11.4 Å². The summed E-state index contributed by atoms with van der Waals surface area (Å²) in [6.45, 7) is 0. The third kappa shape index (κ3) is 2.01. The van der Waals surface area contributed by atoms with Gasteiger partial charge in [0.25, 0.3) is 5.91 Å². The molecule has 0 saturated carbocycles. The zero-order valence-corrected chi connectivity index (χ0v) is 11.4. The number of fused-ring (bicyclic) bond motifs is 1. The van der Waals surface area contributed by atoms with Crippen molar-refractivity contribution in [3.63, 3.8) is 0 Å². The number of carbonyl (C=O) groups excluding carboxylic acids is 1. The maximum atomic E-state index is 12.0. The van der Waals surface area contributed by atoms with Gasteiger partial charge in [-0.15, -0.1) is 22.7 Å². The number of hydrogen-bond donors (Lipinski definition) is 1. The van der Waals surface area contributed by atoms with Crippen LogP contribution in [0.4, 0.5) is 5.69 Å². The lowest BCUT2D eigenvalue weighted by atomic mass is 10.3. The van der Waals surface area contributed by atoms with Gasteiger partial charge >= 0.3 is 0 Å². The zero-order chi connectivity index (χ0) is 12.5. The minimum atomic E-state index is -0.109. The highest BCUT2D eigenvalue weighted by atomic mass is 35.5. The maximum absolute atomic E-state index is 12.0. The number of benzene rings is 1. The van der Waals surface area contributed by atoms with Crippen molar-refractivity contribution in [2.75, 3.05) is 5.32 Å². The maximum Gasteiger partial charge on any atom is 0.265 e. The van der Waals surface area contributed by atoms with Gasteiger partial charge in [0.1, 0.15) is 5.52 Å². The minimum absolute atomic E-state index is 0.109. The number of thiophene rings is 1. The van der Waals surface area contributed by atoms with Gasteiger partial charge in [0.2, 0.25) is 0 Å². The van der Waals surface area contributed by atoms with Crippen LogP contribution in [0.1, 0.15) is 9.67 Å². The number of nitrogens with zero attached hydrogens (tertiary/aromatic N) is 1. The number of anilines is 1. The number of aromatic nitrogens is 1. The van der Waals surface area contributed by atoms with Gasteiger partial charge in [-0.3, -0.25) is 4.79 Å². The Kier molecular flexibility index (Phi) is 3.03. The van der Waals surface area contributed by atoms with Gasteiger partial charge in [-0.25, -0.2) is 4.98 Å². The van der Waals surface area contributed by atoms with Crippen molar-refractivity contribution in [1.82, 2.24) is 4.98 Å². The fraction of sp³-hybridized carbons (Fsp3) is 0. The molecular weight excluding hydrogens is 288 g/mol. The van der Waals surface area contributed by atoms with E-state index < -0.39 is 0 Å². The van der Waals surface area contributed by atoms with Crippen molar-refractivity contribution in [2.24, 2.45) is 0 Å². The number of rotatable bonds is 2. The van der Waals surface area contributed by atoms with Gasteiger partial charge in [-0.05, 0) is 23.6 Å². The van der Waals surface area contributed by atoms with E-state index in [-0.39, 0.29) is 5.91 Å². The summed E-state index contributed by atoms with van der Waals surface area (Å²) in [5.74, 6) is -0.109. The molecule has 0 fully saturated rings. The Bertz CT molecular complexity index is 706. The Hall–Kier alpha value is -1.43. The van der Waals surface area contributed by atoms with Crippen molar-refractivity contribution >= 4 is 56.1 Å². The number of nitrogens with one attached hydrogen (secondary N) is 1. The number of thiazole rings is 1. The molecule has 0 aliphatic carbocycles. The molecule has 3 aromatic rings. The van der Waals surface area contributed by atoms with Crippen LogP contribution < -0.4 is 5.32 Å². The van der Waals surface area contributed by atoms with Gasteiger partial charge in [-0.1, -0.05) is 17.7 Å². The molecule has 3 rings (SSSR count). The molecule has 6 heteroatoms. The Morgan fingerprint density at radius 2 is 2.17 bits per heavy atom. The van der Waals surface area contributed by atoms with Crippen molar-refractivity contribution in [1.29, 1.82) is 0 Å². The monoisotopic (exact) mass is 294 g/mol. The van der Waals surface area contributed by atoms with Crippen molar-refractivity contribution in [3.8, 4) is 0 Å². The van der Waals surface area contributed by atoms with E-state index in [0.29, 0.717) is 9.90 Å². The van der Waals surface area contributed by atoms with Crippen LogP contribution in [0.15, 0.2) is 35.2 Å². The van der Waals surface area contributed by atoms with Gasteiger partial charge in [0, 0.05) is 0 Å². The first-order valence-electron chi connectivity index (χ1n) is 5.12. The Balaban J connectivity index is 1.98. The molecule has 0 radical (unpaired) electrons. The molecule has 0 bridgehead atoms. The molecular formula is C12H7ClN2OS2. The average Bonchev–Trinajstić information content (AvgIpc) is 3.01. The van der Waals surface area contributed by atoms with Crippen LogP contribution >= 0.6 is 34.3 Å². The fourth-order valence-electron chi connectivity index (χ4n) is 1.61.